The molecule has 3 atom stereocenters. The fourth-order valence-corrected chi connectivity index (χ4v) is 2.78. The molecule has 0 radical (unpaired) electrons. The lowest BCUT2D eigenvalue weighted by molar-refractivity contribution is -0.138. The van der Waals surface area contributed by atoms with E-state index in [1.807, 2.05) is 4.90 Å². The molecule has 2 heterocycles. The van der Waals surface area contributed by atoms with Crippen LogP contribution in [0.1, 0.15) is 32.6 Å². The van der Waals surface area contributed by atoms with Crippen LogP contribution in [0.15, 0.2) is 0 Å². The number of rotatable bonds is 2. The van der Waals surface area contributed by atoms with Gasteiger partial charge in [0.05, 0.1) is 12.0 Å². The van der Waals surface area contributed by atoms with E-state index >= 15 is 0 Å². The van der Waals surface area contributed by atoms with Crippen LogP contribution in [0.25, 0.3) is 0 Å². The highest BCUT2D eigenvalue weighted by Gasteiger charge is 2.36. The lowest BCUT2D eigenvalue weighted by atomic mass is 9.96. The lowest BCUT2D eigenvalue weighted by Gasteiger charge is -2.33. The van der Waals surface area contributed by atoms with Gasteiger partial charge in [-0.3, -0.25) is 4.79 Å². The molecular weight excluding hydrogens is 204 g/mol. The summed E-state index contributed by atoms with van der Waals surface area (Å²) in [7, 11) is 0. The molecule has 92 valence electrons. The Hall–Kier alpha value is -0.610. The minimum absolute atomic E-state index is 0.0790. The molecule has 2 fully saturated rings. The summed E-state index contributed by atoms with van der Waals surface area (Å²) in [5.74, 6) is 0.342. The van der Waals surface area contributed by atoms with Crippen molar-refractivity contribution in [3.8, 4) is 0 Å². The molecule has 0 bridgehead atoms. The first-order valence-electron chi connectivity index (χ1n) is 6.38. The van der Waals surface area contributed by atoms with E-state index in [-0.39, 0.29) is 24.0 Å². The number of amides is 1. The summed E-state index contributed by atoms with van der Waals surface area (Å²) in [6.07, 6.45) is 4.02. The minimum atomic E-state index is 0.0790. The second-order valence-corrected chi connectivity index (χ2v) is 4.90. The highest BCUT2D eigenvalue weighted by molar-refractivity contribution is 5.79. The zero-order valence-corrected chi connectivity index (χ0v) is 10.0. The molecule has 16 heavy (non-hydrogen) atoms. The van der Waals surface area contributed by atoms with Crippen LogP contribution in [0, 0.1) is 5.92 Å². The van der Waals surface area contributed by atoms with Gasteiger partial charge < -0.3 is 15.4 Å². The third kappa shape index (κ3) is 2.38. The van der Waals surface area contributed by atoms with Crippen molar-refractivity contribution in [1.29, 1.82) is 0 Å². The number of likely N-dealkylation sites (tertiary alicyclic amines) is 1. The molecule has 4 nitrogen and oxygen atoms in total. The summed E-state index contributed by atoms with van der Waals surface area (Å²) in [4.78, 5) is 14.2. The number of nitrogens with two attached hydrogens (primary N) is 1. The van der Waals surface area contributed by atoms with Crippen molar-refractivity contribution in [2.24, 2.45) is 11.7 Å². The predicted octanol–water partition coefficient (Wildman–Crippen LogP) is 0.751. The average molecular weight is 226 g/mol. The highest BCUT2D eigenvalue weighted by atomic mass is 16.5. The van der Waals surface area contributed by atoms with E-state index in [2.05, 4.69) is 6.92 Å². The standard InChI is InChI=1S/C12H22N2O2/c1-2-11-10(5-7-16-11)12(15)14-6-3-4-9(13)8-14/h9-11H,2-8,13H2,1H3/t9-,10?,11?/m1/s1. The molecule has 2 aliphatic heterocycles. The van der Waals surface area contributed by atoms with Crippen molar-refractivity contribution in [1.82, 2.24) is 4.90 Å². The van der Waals surface area contributed by atoms with Crippen LogP contribution >= 0.6 is 0 Å². The van der Waals surface area contributed by atoms with Crippen molar-refractivity contribution < 1.29 is 9.53 Å². The topological polar surface area (TPSA) is 55.6 Å². The highest BCUT2D eigenvalue weighted by Crippen LogP contribution is 2.26. The molecule has 0 saturated carbocycles. The molecule has 0 aliphatic carbocycles. The number of nitrogens with zero attached hydrogens (tertiary/aromatic N) is 1. The predicted molar refractivity (Wildman–Crippen MR) is 61.9 cm³/mol. The number of carbonyl (C=O) groups excluding carboxylic acids is 1. The van der Waals surface area contributed by atoms with E-state index in [1.165, 1.54) is 0 Å². The molecule has 0 aromatic carbocycles. The molecular formula is C12H22N2O2. The molecule has 2 unspecified atom stereocenters. The second kappa shape index (κ2) is 5.15. The van der Waals surface area contributed by atoms with Crippen molar-refractivity contribution in [2.45, 2.75) is 44.8 Å². The summed E-state index contributed by atoms with van der Waals surface area (Å²) >= 11 is 0. The first kappa shape index (κ1) is 11.9. The van der Waals surface area contributed by atoms with Crippen molar-refractivity contribution in [2.75, 3.05) is 19.7 Å². The summed E-state index contributed by atoms with van der Waals surface area (Å²) in [6, 6.07) is 0.167. The van der Waals surface area contributed by atoms with E-state index in [9.17, 15) is 4.79 Å². The summed E-state index contributed by atoms with van der Waals surface area (Å²) in [6.45, 7) is 4.41. The Bertz CT molecular complexity index is 257. The minimum Gasteiger partial charge on any atom is -0.377 e. The maximum Gasteiger partial charge on any atom is 0.228 e. The Kier molecular flexibility index (Phi) is 3.82. The Morgan fingerprint density at radius 1 is 1.50 bits per heavy atom. The van der Waals surface area contributed by atoms with E-state index in [4.69, 9.17) is 10.5 Å². The Balaban J connectivity index is 1.95. The summed E-state index contributed by atoms with van der Waals surface area (Å²) < 4.78 is 5.57. The number of piperidine rings is 1. The first-order valence-corrected chi connectivity index (χ1v) is 6.38. The summed E-state index contributed by atoms with van der Waals surface area (Å²) in [5.41, 5.74) is 5.90. The lowest BCUT2D eigenvalue weighted by Crippen LogP contribution is -2.48. The van der Waals surface area contributed by atoms with Crippen molar-refractivity contribution in [3.05, 3.63) is 0 Å². The van der Waals surface area contributed by atoms with Gasteiger partial charge in [0.1, 0.15) is 0 Å². The maximum atomic E-state index is 12.3. The Morgan fingerprint density at radius 2 is 2.31 bits per heavy atom. The maximum absolute atomic E-state index is 12.3. The molecule has 2 rings (SSSR count). The first-order chi connectivity index (χ1) is 7.72. The third-order valence-corrected chi connectivity index (χ3v) is 3.70. The number of hydrogen-bond acceptors (Lipinski definition) is 3. The van der Waals surface area contributed by atoms with Gasteiger partial charge in [0, 0.05) is 25.7 Å². The number of carbonyl (C=O) groups is 1. The van der Waals surface area contributed by atoms with Crippen LogP contribution in [0.3, 0.4) is 0 Å². The van der Waals surface area contributed by atoms with Gasteiger partial charge in [-0.2, -0.15) is 0 Å². The van der Waals surface area contributed by atoms with Gasteiger partial charge in [-0.05, 0) is 25.7 Å². The molecule has 2 N–H and O–H groups in total. The molecule has 4 heteroatoms. The number of hydrogen-bond donors (Lipinski definition) is 1. The van der Waals surface area contributed by atoms with E-state index < -0.39 is 0 Å². The van der Waals surface area contributed by atoms with Gasteiger partial charge in [0.15, 0.2) is 0 Å². The fraction of sp³-hybridized carbons (Fsp3) is 0.917. The molecule has 1 amide bonds. The molecule has 2 saturated heterocycles. The van der Waals surface area contributed by atoms with Gasteiger partial charge in [-0.1, -0.05) is 6.92 Å². The van der Waals surface area contributed by atoms with Crippen molar-refractivity contribution in [3.63, 3.8) is 0 Å². The van der Waals surface area contributed by atoms with E-state index in [0.29, 0.717) is 0 Å². The van der Waals surface area contributed by atoms with Crippen LogP contribution in [-0.4, -0.2) is 42.6 Å². The van der Waals surface area contributed by atoms with Crippen LogP contribution in [-0.2, 0) is 9.53 Å². The second-order valence-electron chi connectivity index (χ2n) is 4.90. The average Bonchev–Trinajstić information content (AvgIpc) is 2.76. The zero-order chi connectivity index (χ0) is 11.5. The van der Waals surface area contributed by atoms with Crippen molar-refractivity contribution >= 4 is 5.91 Å². The molecule has 0 aromatic rings. The van der Waals surface area contributed by atoms with Crippen LogP contribution in [0.2, 0.25) is 0 Å². The smallest absolute Gasteiger partial charge is 0.228 e. The fourth-order valence-electron chi connectivity index (χ4n) is 2.78. The normalized spacial score (nSPS) is 35.4. The molecule has 2 aliphatic rings. The van der Waals surface area contributed by atoms with Gasteiger partial charge in [0.2, 0.25) is 5.91 Å². The van der Waals surface area contributed by atoms with Gasteiger partial charge >= 0.3 is 0 Å². The Morgan fingerprint density at radius 3 is 3.00 bits per heavy atom. The number of ether oxygens (including phenoxy) is 1. The van der Waals surface area contributed by atoms with Gasteiger partial charge in [-0.25, -0.2) is 0 Å². The van der Waals surface area contributed by atoms with Gasteiger partial charge in [-0.15, -0.1) is 0 Å². The van der Waals surface area contributed by atoms with E-state index in [1.54, 1.807) is 0 Å². The SMILES string of the molecule is CCC1OCCC1C(=O)N1CCC[C@@H](N)C1. The largest absolute Gasteiger partial charge is 0.377 e. The summed E-state index contributed by atoms with van der Waals surface area (Å²) in [5, 5.41) is 0. The third-order valence-electron chi connectivity index (χ3n) is 3.70. The molecule has 0 spiro atoms. The van der Waals surface area contributed by atoms with E-state index in [0.717, 1.165) is 45.4 Å². The monoisotopic (exact) mass is 226 g/mol. The zero-order valence-electron chi connectivity index (χ0n) is 10.0. The van der Waals surface area contributed by atoms with Crippen LogP contribution < -0.4 is 5.73 Å². The Labute approximate surface area is 97.1 Å². The molecule has 0 aromatic heterocycles. The van der Waals surface area contributed by atoms with Crippen LogP contribution in [0.5, 0.6) is 0 Å². The van der Waals surface area contributed by atoms with Crippen LogP contribution in [0.4, 0.5) is 0 Å². The van der Waals surface area contributed by atoms with Gasteiger partial charge in [0.25, 0.3) is 0 Å². The quantitative estimate of drug-likeness (QED) is 0.756.